The molecule has 7 heteroatoms. The molecule has 1 aromatic heterocycles. The number of anilines is 1. The van der Waals surface area contributed by atoms with Crippen molar-refractivity contribution in [2.45, 2.75) is 13.3 Å². The van der Waals surface area contributed by atoms with Gasteiger partial charge < -0.3 is 19.4 Å². The highest BCUT2D eigenvalue weighted by atomic mass is 16.5. The van der Waals surface area contributed by atoms with Gasteiger partial charge in [0.25, 0.3) is 6.01 Å². The zero-order chi connectivity index (χ0) is 13.0. The lowest BCUT2D eigenvalue weighted by molar-refractivity contribution is -0.119. The van der Waals surface area contributed by atoms with Gasteiger partial charge >= 0.3 is 5.97 Å². The first-order valence-electron chi connectivity index (χ1n) is 5.85. The number of hydrogen-bond donors (Lipinski definition) is 1. The van der Waals surface area contributed by atoms with Crippen LogP contribution in [0.25, 0.3) is 0 Å². The Hall–Kier alpha value is -2.05. The molecule has 18 heavy (non-hydrogen) atoms. The van der Waals surface area contributed by atoms with Crippen LogP contribution in [0.4, 0.5) is 6.01 Å². The van der Waals surface area contributed by atoms with E-state index in [1.54, 1.807) is 11.8 Å². The van der Waals surface area contributed by atoms with E-state index in [2.05, 4.69) is 10.3 Å². The lowest BCUT2D eigenvalue weighted by Gasteiger charge is -2.15. The summed E-state index contributed by atoms with van der Waals surface area (Å²) < 4.78 is 10.0. The molecule has 0 aromatic carbocycles. The zero-order valence-corrected chi connectivity index (χ0v) is 10.1. The van der Waals surface area contributed by atoms with Crippen LogP contribution in [-0.4, -0.2) is 43.1 Å². The first kappa shape index (κ1) is 12.4. The summed E-state index contributed by atoms with van der Waals surface area (Å²) in [6.07, 6.45) is 2.05. The van der Waals surface area contributed by atoms with E-state index in [0.29, 0.717) is 13.1 Å². The van der Waals surface area contributed by atoms with Gasteiger partial charge in [-0.05, 0) is 13.3 Å². The van der Waals surface area contributed by atoms with Gasteiger partial charge in [0.05, 0.1) is 6.61 Å². The van der Waals surface area contributed by atoms with Crippen LogP contribution in [0.15, 0.2) is 10.7 Å². The Kier molecular flexibility index (Phi) is 3.81. The average molecular weight is 253 g/mol. The van der Waals surface area contributed by atoms with E-state index in [0.717, 1.165) is 6.42 Å². The Bertz CT molecular complexity index is 443. The fraction of sp³-hybridized carbons (Fsp3) is 0.545. The van der Waals surface area contributed by atoms with E-state index in [1.807, 2.05) is 0 Å². The van der Waals surface area contributed by atoms with E-state index in [1.165, 1.54) is 6.26 Å². The van der Waals surface area contributed by atoms with Crippen molar-refractivity contribution < 1.29 is 18.7 Å². The molecule has 0 saturated carbocycles. The Morgan fingerprint density at radius 1 is 1.67 bits per heavy atom. The molecular formula is C11H15N3O4. The van der Waals surface area contributed by atoms with Crippen LogP contribution in [0.5, 0.6) is 0 Å². The third-order valence-corrected chi connectivity index (χ3v) is 2.51. The van der Waals surface area contributed by atoms with Crippen LogP contribution < -0.4 is 10.2 Å². The van der Waals surface area contributed by atoms with Crippen LogP contribution in [0.3, 0.4) is 0 Å². The molecule has 0 atom stereocenters. The third-order valence-electron chi connectivity index (χ3n) is 2.51. The molecule has 1 aromatic rings. The highest BCUT2D eigenvalue weighted by Gasteiger charge is 2.21. The highest BCUT2D eigenvalue weighted by molar-refractivity contribution is 5.87. The predicted octanol–water partition coefficient (Wildman–Crippen LogP) is 0.178. The molecule has 0 unspecified atom stereocenters. The van der Waals surface area contributed by atoms with Crippen LogP contribution >= 0.6 is 0 Å². The van der Waals surface area contributed by atoms with Gasteiger partial charge in [0.15, 0.2) is 5.69 Å². The minimum atomic E-state index is -0.522. The van der Waals surface area contributed by atoms with Crippen molar-refractivity contribution in [3.63, 3.8) is 0 Å². The summed E-state index contributed by atoms with van der Waals surface area (Å²) in [5, 5.41) is 2.75. The third kappa shape index (κ3) is 2.79. The van der Waals surface area contributed by atoms with Gasteiger partial charge in [0, 0.05) is 13.1 Å². The average Bonchev–Trinajstić information content (AvgIpc) is 2.74. The molecule has 98 valence electrons. The maximum absolute atomic E-state index is 11.4. The fourth-order valence-corrected chi connectivity index (χ4v) is 1.68. The van der Waals surface area contributed by atoms with Gasteiger partial charge in [-0.1, -0.05) is 0 Å². The van der Waals surface area contributed by atoms with Crippen molar-refractivity contribution in [2.75, 3.05) is 31.1 Å². The molecule has 1 amide bonds. The van der Waals surface area contributed by atoms with Crippen LogP contribution in [0.2, 0.25) is 0 Å². The van der Waals surface area contributed by atoms with Crippen LogP contribution in [0.1, 0.15) is 23.8 Å². The first-order chi connectivity index (χ1) is 8.70. The maximum atomic E-state index is 11.4. The Morgan fingerprint density at radius 2 is 2.50 bits per heavy atom. The molecule has 1 aliphatic rings. The van der Waals surface area contributed by atoms with Gasteiger partial charge in [0.1, 0.15) is 12.8 Å². The minimum Gasteiger partial charge on any atom is -0.461 e. The number of ether oxygens (including phenoxy) is 1. The zero-order valence-electron chi connectivity index (χ0n) is 10.1. The van der Waals surface area contributed by atoms with Gasteiger partial charge in [0.2, 0.25) is 5.91 Å². The SMILES string of the molecule is CCOC(=O)c1coc(N2CCCNC(=O)C2)n1. The standard InChI is InChI=1S/C11H15N3O4/c1-2-17-10(16)8-7-18-11(13-8)14-5-3-4-12-9(15)6-14/h7H,2-6H2,1H3,(H,12,15). The normalized spacial score (nSPS) is 16.1. The fourth-order valence-electron chi connectivity index (χ4n) is 1.68. The second kappa shape index (κ2) is 5.52. The van der Waals surface area contributed by atoms with Crippen molar-refractivity contribution in [1.29, 1.82) is 0 Å². The van der Waals surface area contributed by atoms with Crippen molar-refractivity contribution in [1.82, 2.24) is 10.3 Å². The second-order valence-electron chi connectivity index (χ2n) is 3.86. The molecule has 1 aliphatic heterocycles. The molecule has 0 aliphatic carbocycles. The summed E-state index contributed by atoms with van der Waals surface area (Å²) in [5.74, 6) is -0.602. The van der Waals surface area contributed by atoms with E-state index in [9.17, 15) is 9.59 Å². The molecule has 0 bridgehead atoms. The minimum absolute atomic E-state index is 0.0802. The Labute approximate surface area is 104 Å². The van der Waals surface area contributed by atoms with Crippen molar-refractivity contribution >= 4 is 17.9 Å². The van der Waals surface area contributed by atoms with Gasteiger partial charge in [-0.2, -0.15) is 4.98 Å². The molecule has 7 nitrogen and oxygen atoms in total. The summed E-state index contributed by atoms with van der Waals surface area (Å²) in [6, 6.07) is 0.273. The van der Waals surface area contributed by atoms with E-state index >= 15 is 0 Å². The highest BCUT2D eigenvalue weighted by Crippen LogP contribution is 2.15. The lowest BCUT2D eigenvalue weighted by atomic mass is 10.4. The van der Waals surface area contributed by atoms with E-state index in [-0.39, 0.29) is 30.8 Å². The quantitative estimate of drug-likeness (QED) is 0.773. The maximum Gasteiger partial charge on any atom is 0.360 e. The summed E-state index contributed by atoms with van der Waals surface area (Å²) in [4.78, 5) is 28.6. The summed E-state index contributed by atoms with van der Waals surface area (Å²) in [5.41, 5.74) is 0.122. The molecule has 0 radical (unpaired) electrons. The van der Waals surface area contributed by atoms with E-state index in [4.69, 9.17) is 9.15 Å². The van der Waals surface area contributed by atoms with Crippen molar-refractivity contribution in [3.05, 3.63) is 12.0 Å². The number of amides is 1. The number of aromatic nitrogens is 1. The van der Waals surface area contributed by atoms with Crippen molar-refractivity contribution in [3.8, 4) is 0 Å². The summed E-state index contributed by atoms with van der Waals surface area (Å²) in [6.45, 7) is 3.48. The molecule has 1 saturated heterocycles. The molecule has 0 spiro atoms. The van der Waals surface area contributed by atoms with Crippen molar-refractivity contribution in [2.24, 2.45) is 0 Å². The molecule has 2 heterocycles. The predicted molar refractivity (Wildman–Crippen MR) is 62.3 cm³/mol. The molecule has 2 rings (SSSR count). The van der Waals surface area contributed by atoms with Gasteiger partial charge in [-0.15, -0.1) is 0 Å². The monoisotopic (exact) mass is 253 g/mol. The van der Waals surface area contributed by atoms with Gasteiger partial charge in [-0.25, -0.2) is 4.79 Å². The Morgan fingerprint density at radius 3 is 3.28 bits per heavy atom. The summed E-state index contributed by atoms with van der Waals surface area (Å²) >= 11 is 0. The number of nitrogens with one attached hydrogen (secondary N) is 1. The number of esters is 1. The second-order valence-corrected chi connectivity index (χ2v) is 3.86. The Balaban J connectivity index is 2.08. The largest absolute Gasteiger partial charge is 0.461 e. The number of nitrogens with zero attached hydrogens (tertiary/aromatic N) is 2. The van der Waals surface area contributed by atoms with Crippen LogP contribution in [-0.2, 0) is 9.53 Å². The number of hydrogen-bond acceptors (Lipinski definition) is 6. The smallest absolute Gasteiger partial charge is 0.360 e. The number of carbonyl (C=O) groups excluding carboxylic acids is 2. The first-order valence-corrected chi connectivity index (χ1v) is 5.85. The number of oxazole rings is 1. The van der Waals surface area contributed by atoms with E-state index < -0.39 is 5.97 Å². The molecule has 1 N–H and O–H groups in total. The molecular weight excluding hydrogens is 238 g/mol. The number of rotatable bonds is 3. The van der Waals surface area contributed by atoms with Gasteiger partial charge in [-0.3, -0.25) is 4.79 Å². The topological polar surface area (TPSA) is 84.7 Å². The molecule has 1 fully saturated rings. The lowest BCUT2D eigenvalue weighted by Crippen LogP contribution is -2.33. The van der Waals surface area contributed by atoms with Crippen LogP contribution in [0, 0.1) is 0 Å². The number of carbonyl (C=O) groups is 2. The summed E-state index contributed by atoms with van der Waals surface area (Å²) in [7, 11) is 0.